The standard InChI is InChI=1S/C18H15F3N4O2/c1-11-9-22-6-4-14(11)17(27)23-16-5-7-25(24-16)10-12-2-3-13(26)8-15(12)18(19,20)21/h2-9,26H,10H2,1H3,(H,23,24,27). The molecular formula is C18H15F3N4O2. The van der Waals surface area contributed by atoms with Crippen LogP contribution in [0.4, 0.5) is 19.0 Å². The largest absolute Gasteiger partial charge is 0.508 e. The average Bonchev–Trinajstić information content (AvgIpc) is 3.03. The number of pyridine rings is 1. The highest BCUT2D eigenvalue weighted by Crippen LogP contribution is 2.34. The quantitative estimate of drug-likeness (QED) is 0.729. The molecule has 0 unspecified atom stereocenters. The molecule has 1 amide bonds. The third kappa shape index (κ3) is 4.25. The molecule has 0 radical (unpaired) electrons. The first kappa shape index (κ1) is 18.4. The molecule has 0 aliphatic heterocycles. The van der Waals surface area contributed by atoms with E-state index in [9.17, 15) is 23.1 Å². The lowest BCUT2D eigenvalue weighted by molar-refractivity contribution is -0.138. The second-order valence-corrected chi connectivity index (χ2v) is 5.88. The normalized spacial score (nSPS) is 11.4. The van der Waals surface area contributed by atoms with E-state index in [1.54, 1.807) is 19.2 Å². The smallest absolute Gasteiger partial charge is 0.416 e. The fourth-order valence-electron chi connectivity index (χ4n) is 2.57. The number of benzene rings is 1. The molecule has 3 aromatic rings. The first-order chi connectivity index (χ1) is 12.7. The maximum atomic E-state index is 13.1. The number of phenols is 1. The summed E-state index contributed by atoms with van der Waals surface area (Å²) in [5.74, 6) is -0.642. The third-order valence-corrected chi connectivity index (χ3v) is 3.88. The summed E-state index contributed by atoms with van der Waals surface area (Å²) in [4.78, 5) is 16.2. The molecule has 0 atom stereocenters. The number of hydrogen-bond acceptors (Lipinski definition) is 4. The van der Waals surface area contributed by atoms with Crippen molar-refractivity contribution in [2.45, 2.75) is 19.6 Å². The summed E-state index contributed by atoms with van der Waals surface area (Å²) in [5, 5.41) is 16.0. The van der Waals surface area contributed by atoms with Gasteiger partial charge in [-0.3, -0.25) is 14.5 Å². The number of carbonyl (C=O) groups is 1. The SMILES string of the molecule is Cc1cnccc1C(=O)Nc1ccn(Cc2ccc(O)cc2C(F)(F)F)n1. The van der Waals surface area contributed by atoms with Gasteiger partial charge < -0.3 is 10.4 Å². The molecule has 6 nitrogen and oxygen atoms in total. The van der Waals surface area contributed by atoms with E-state index in [2.05, 4.69) is 15.4 Å². The number of aromatic hydroxyl groups is 1. The fourth-order valence-corrected chi connectivity index (χ4v) is 2.57. The summed E-state index contributed by atoms with van der Waals surface area (Å²) in [7, 11) is 0. The van der Waals surface area contributed by atoms with Crippen LogP contribution < -0.4 is 5.32 Å². The van der Waals surface area contributed by atoms with Crippen molar-refractivity contribution in [3.8, 4) is 5.75 Å². The monoisotopic (exact) mass is 376 g/mol. The summed E-state index contributed by atoms with van der Waals surface area (Å²) >= 11 is 0. The highest BCUT2D eigenvalue weighted by molar-refractivity contribution is 6.04. The molecule has 140 valence electrons. The average molecular weight is 376 g/mol. The lowest BCUT2D eigenvalue weighted by atomic mass is 10.1. The summed E-state index contributed by atoms with van der Waals surface area (Å²) < 4.78 is 40.7. The van der Waals surface area contributed by atoms with Gasteiger partial charge >= 0.3 is 6.18 Å². The van der Waals surface area contributed by atoms with Crippen LogP contribution in [0.5, 0.6) is 5.75 Å². The van der Waals surface area contributed by atoms with Gasteiger partial charge in [0.25, 0.3) is 5.91 Å². The van der Waals surface area contributed by atoms with Crippen molar-refractivity contribution in [3.05, 3.63) is 71.2 Å². The molecule has 9 heteroatoms. The lowest BCUT2D eigenvalue weighted by Crippen LogP contribution is -2.15. The zero-order chi connectivity index (χ0) is 19.6. The van der Waals surface area contributed by atoms with E-state index in [4.69, 9.17) is 0 Å². The van der Waals surface area contributed by atoms with Gasteiger partial charge in [-0.1, -0.05) is 6.07 Å². The van der Waals surface area contributed by atoms with E-state index in [1.165, 1.54) is 35.3 Å². The van der Waals surface area contributed by atoms with E-state index >= 15 is 0 Å². The van der Waals surface area contributed by atoms with Crippen LogP contribution in [0, 0.1) is 6.92 Å². The first-order valence-electron chi connectivity index (χ1n) is 7.88. The molecule has 0 aliphatic rings. The number of nitrogens with zero attached hydrogens (tertiary/aromatic N) is 3. The van der Waals surface area contributed by atoms with Crippen molar-refractivity contribution in [1.82, 2.24) is 14.8 Å². The zero-order valence-corrected chi connectivity index (χ0v) is 14.2. The van der Waals surface area contributed by atoms with Crippen LogP contribution in [0.25, 0.3) is 0 Å². The van der Waals surface area contributed by atoms with E-state index in [-0.39, 0.29) is 23.8 Å². The summed E-state index contributed by atoms with van der Waals surface area (Å²) in [6.07, 6.45) is -0.0970. The van der Waals surface area contributed by atoms with Crippen molar-refractivity contribution >= 4 is 11.7 Å². The Hall–Kier alpha value is -3.36. The lowest BCUT2D eigenvalue weighted by Gasteiger charge is -2.13. The molecule has 0 bridgehead atoms. The Bertz CT molecular complexity index is 983. The highest BCUT2D eigenvalue weighted by atomic mass is 19.4. The predicted octanol–water partition coefficient (Wildman–Crippen LogP) is 3.61. The topological polar surface area (TPSA) is 80.0 Å². The van der Waals surface area contributed by atoms with Gasteiger partial charge in [0, 0.05) is 30.2 Å². The van der Waals surface area contributed by atoms with E-state index < -0.39 is 17.5 Å². The summed E-state index contributed by atoms with van der Waals surface area (Å²) in [6.45, 7) is 1.57. The molecule has 2 heterocycles. The summed E-state index contributed by atoms with van der Waals surface area (Å²) in [5.41, 5.74) is 0.132. The van der Waals surface area contributed by atoms with Crippen molar-refractivity contribution in [2.75, 3.05) is 5.32 Å². The number of amides is 1. The molecule has 3 rings (SSSR count). The number of rotatable bonds is 4. The number of alkyl halides is 3. The van der Waals surface area contributed by atoms with Crippen molar-refractivity contribution in [2.24, 2.45) is 0 Å². The van der Waals surface area contributed by atoms with Crippen LogP contribution in [-0.4, -0.2) is 25.8 Å². The predicted molar refractivity (Wildman–Crippen MR) is 91.4 cm³/mol. The molecule has 2 aromatic heterocycles. The maximum Gasteiger partial charge on any atom is 0.416 e. The first-order valence-corrected chi connectivity index (χ1v) is 7.88. The van der Waals surface area contributed by atoms with Crippen LogP contribution in [0.2, 0.25) is 0 Å². The minimum absolute atomic E-state index is 0.0498. The van der Waals surface area contributed by atoms with E-state index in [0.717, 1.165) is 0 Å². The Balaban J connectivity index is 1.78. The minimum atomic E-state index is -4.60. The zero-order valence-electron chi connectivity index (χ0n) is 14.2. The molecule has 0 saturated carbocycles. The van der Waals surface area contributed by atoms with Gasteiger partial charge in [-0.05, 0) is 36.2 Å². The van der Waals surface area contributed by atoms with Crippen LogP contribution in [0.3, 0.4) is 0 Å². The minimum Gasteiger partial charge on any atom is -0.508 e. The van der Waals surface area contributed by atoms with Crippen LogP contribution in [0.15, 0.2) is 48.9 Å². The van der Waals surface area contributed by atoms with Gasteiger partial charge in [-0.2, -0.15) is 18.3 Å². The number of aromatic nitrogens is 3. The molecule has 0 spiro atoms. The van der Waals surface area contributed by atoms with Crippen molar-refractivity contribution in [3.63, 3.8) is 0 Å². The Morgan fingerprint density at radius 2 is 2.04 bits per heavy atom. The van der Waals surface area contributed by atoms with Gasteiger partial charge in [0.15, 0.2) is 5.82 Å². The Morgan fingerprint density at radius 1 is 1.26 bits per heavy atom. The van der Waals surface area contributed by atoms with Gasteiger partial charge in [0.05, 0.1) is 12.1 Å². The van der Waals surface area contributed by atoms with E-state index in [1.807, 2.05) is 0 Å². The van der Waals surface area contributed by atoms with Crippen molar-refractivity contribution in [1.29, 1.82) is 0 Å². The molecule has 27 heavy (non-hydrogen) atoms. The molecular weight excluding hydrogens is 361 g/mol. The van der Waals surface area contributed by atoms with Gasteiger partial charge in [0.1, 0.15) is 5.75 Å². The van der Waals surface area contributed by atoms with Gasteiger partial charge in [-0.25, -0.2) is 0 Å². The Morgan fingerprint density at radius 3 is 2.74 bits per heavy atom. The van der Waals surface area contributed by atoms with Crippen LogP contribution in [-0.2, 0) is 12.7 Å². The summed E-state index contributed by atoms with van der Waals surface area (Å²) in [6, 6.07) is 6.10. The Kier molecular flexibility index (Phi) is 4.85. The second kappa shape index (κ2) is 7.10. The molecule has 0 fully saturated rings. The number of aryl methyl sites for hydroxylation is 1. The number of nitrogens with one attached hydrogen (secondary N) is 1. The molecule has 0 aliphatic carbocycles. The third-order valence-electron chi connectivity index (χ3n) is 3.88. The number of phenolic OH excluding ortho intramolecular Hbond substituents is 1. The molecule has 2 N–H and O–H groups in total. The van der Waals surface area contributed by atoms with Crippen LogP contribution >= 0.6 is 0 Å². The van der Waals surface area contributed by atoms with Gasteiger partial charge in [0.2, 0.25) is 0 Å². The molecule has 0 saturated heterocycles. The number of hydrogen-bond donors (Lipinski definition) is 2. The Labute approximate surface area is 152 Å². The van der Waals surface area contributed by atoms with Crippen LogP contribution in [0.1, 0.15) is 27.0 Å². The molecule has 1 aromatic carbocycles. The number of anilines is 1. The fraction of sp³-hybridized carbons (Fsp3) is 0.167. The van der Waals surface area contributed by atoms with E-state index in [0.29, 0.717) is 17.2 Å². The van der Waals surface area contributed by atoms with Crippen molar-refractivity contribution < 1.29 is 23.1 Å². The number of carbonyl (C=O) groups excluding carboxylic acids is 1. The van der Waals surface area contributed by atoms with Gasteiger partial charge in [-0.15, -0.1) is 0 Å². The second-order valence-electron chi connectivity index (χ2n) is 5.88. The maximum absolute atomic E-state index is 13.1. The highest BCUT2D eigenvalue weighted by Gasteiger charge is 2.33. The number of halogens is 3.